The molecular formula is C19H30N8O8. The van der Waals surface area contributed by atoms with Crippen LogP contribution in [0, 0.1) is 0 Å². The number of aliphatic hydroxyl groups is 1. The number of aromatic nitrogens is 2. The molecule has 1 aromatic heterocycles. The number of rotatable bonds is 15. The molecule has 0 fully saturated rings. The quantitative estimate of drug-likeness (QED) is 0.111. The molecule has 5 atom stereocenters. The Labute approximate surface area is 199 Å². The maximum absolute atomic E-state index is 12.7. The average Bonchev–Trinajstić information content (AvgIpc) is 3.26. The van der Waals surface area contributed by atoms with E-state index in [1.165, 1.54) is 12.5 Å². The molecule has 0 saturated carbocycles. The van der Waals surface area contributed by atoms with Crippen molar-refractivity contribution in [2.24, 2.45) is 17.2 Å². The van der Waals surface area contributed by atoms with Crippen molar-refractivity contribution in [2.45, 2.75) is 62.9 Å². The highest BCUT2D eigenvalue weighted by atomic mass is 16.4. The van der Waals surface area contributed by atoms with Gasteiger partial charge in [0.25, 0.3) is 0 Å². The van der Waals surface area contributed by atoms with E-state index in [0.717, 1.165) is 6.92 Å². The Hall–Kier alpha value is -4.05. The number of H-pyrrole nitrogens is 1. The number of aliphatic hydroxyl groups excluding tert-OH is 1. The number of carboxylic acid groups (broad SMARTS) is 1. The largest absolute Gasteiger partial charge is 0.480 e. The maximum Gasteiger partial charge on any atom is 0.326 e. The van der Waals surface area contributed by atoms with Gasteiger partial charge in [-0.1, -0.05) is 0 Å². The Bertz CT molecular complexity index is 920. The van der Waals surface area contributed by atoms with Crippen molar-refractivity contribution in [3.63, 3.8) is 0 Å². The first-order valence-corrected chi connectivity index (χ1v) is 10.4. The van der Waals surface area contributed by atoms with Crippen LogP contribution in [0.3, 0.4) is 0 Å². The Morgan fingerprint density at radius 2 is 1.63 bits per heavy atom. The number of hydrogen-bond acceptors (Lipinski definition) is 9. The van der Waals surface area contributed by atoms with Crippen molar-refractivity contribution in [2.75, 3.05) is 0 Å². The molecular weight excluding hydrogens is 468 g/mol. The van der Waals surface area contributed by atoms with Crippen LogP contribution in [-0.2, 0) is 35.2 Å². The van der Waals surface area contributed by atoms with Gasteiger partial charge in [-0.3, -0.25) is 24.0 Å². The Morgan fingerprint density at radius 3 is 2.11 bits per heavy atom. The molecule has 0 bridgehead atoms. The number of carbonyl (C=O) groups excluding carboxylic acids is 5. The molecule has 5 amide bonds. The maximum atomic E-state index is 12.7. The summed E-state index contributed by atoms with van der Waals surface area (Å²) in [5.74, 6) is -6.18. The number of hydrogen-bond donors (Lipinski definition) is 9. The van der Waals surface area contributed by atoms with Crippen molar-refractivity contribution in [3.05, 3.63) is 18.2 Å². The summed E-state index contributed by atoms with van der Waals surface area (Å²) in [5.41, 5.74) is 16.5. The number of nitrogens with two attached hydrogens (primary N) is 3. The third-order valence-electron chi connectivity index (χ3n) is 4.73. The lowest BCUT2D eigenvalue weighted by Crippen LogP contribution is -2.60. The third kappa shape index (κ3) is 10.2. The number of carbonyl (C=O) groups is 6. The van der Waals surface area contributed by atoms with E-state index in [9.17, 15) is 39.0 Å². The number of aliphatic carboxylic acids is 1. The summed E-state index contributed by atoms with van der Waals surface area (Å²) < 4.78 is 0. The monoisotopic (exact) mass is 498 g/mol. The lowest BCUT2D eigenvalue weighted by Gasteiger charge is -2.26. The zero-order valence-corrected chi connectivity index (χ0v) is 18.9. The smallest absolute Gasteiger partial charge is 0.326 e. The van der Waals surface area contributed by atoms with Gasteiger partial charge >= 0.3 is 5.97 Å². The summed E-state index contributed by atoms with van der Waals surface area (Å²) in [6.45, 7) is 1.14. The van der Waals surface area contributed by atoms with Crippen LogP contribution >= 0.6 is 0 Å². The molecule has 0 aliphatic rings. The highest BCUT2D eigenvalue weighted by Crippen LogP contribution is 2.03. The van der Waals surface area contributed by atoms with Gasteiger partial charge in [-0.05, 0) is 13.3 Å². The van der Waals surface area contributed by atoms with E-state index in [1.807, 2.05) is 0 Å². The standard InChI is InChI=1S/C19H30N8O8/c1-8(28)15(18(33)25-11(19(34)35)2-3-13(21)29)27-17(32)12(5-14(22)30)26-16(31)10(20)4-9-6-23-7-24-9/h6-8,10-12,15,28H,2-5,20H2,1H3,(H2,21,29)(H2,22,30)(H,23,24)(H,25,33)(H,26,31)(H,27,32)(H,34,35). The molecule has 194 valence electrons. The first kappa shape index (κ1) is 29.0. The molecule has 0 radical (unpaired) electrons. The van der Waals surface area contributed by atoms with Gasteiger partial charge in [0.2, 0.25) is 29.5 Å². The minimum Gasteiger partial charge on any atom is -0.480 e. The topological polar surface area (TPSA) is 286 Å². The third-order valence-corrected chi connectivity index (χ3v) is 4.73. The van der Waals surface area contributed by atoms with Gasteiger partial charge < -0.3 is 48.3 Å². The van der Waals surface area contributed by atoms with Crippen LogP contribution in [0.4, 0.5) is 0 Å². The van der Waals surface area contributed by atoms with Crippen molar-refractivity contribution >= 4 is 35.5 Å². The van der Waals surface area contributed by atoms with E-state index in [2.05, 4.69) is 25.9 Å². The van der Waals surface area contributed by atoms with Crippen molar-refractivity contribution < 1.29 is 39.0 Å². The number of primary amides is 2. The van der Waals surface area contributed by atoms with E-state index in [1.54, 1.807) is 0 Å². The fourth-order valence-corrected chi connectivity index (χ4v) is 2.88. The predicted molar refractivity (Wildman–Crippen MR) is 118 cm³/mol. The normalized spacial score (nSPS) is 15.1. The number of aromatic amines is 1. The van der Waals surface area contributed by atoms with Crippen LogP contribution in [-0.4, -0.2) is 86.0 Å². The van der Waals surface area contributed by atoms with Crippen LogP contribution in [0.5, 0.6) is 0 Å². The first-order valence-electron chi connectivity index (χ1n) is 10.4. The van der Waals surface area contributed by atoms with Crippen molar-refractivity contribution in [1.29, 1.82) is 0 Å². The van der Waals surface area contributed by atoms with Crippen LogP contribution in [0.15, 0.2) is 12.5 Å². The lowest BCUT2D eigenvalue weighted by atomic mass is 10.1. The molecule has 35 heavy (non-hydrogen) atoms. The molecule has 5 unspecified atom stereocenters. The molecule has 0 aliphatic heterocycles. The molecule has 1 rings (SSSR count). The lowest BCUT2D eigenvalue weighted by molar-refractivity contribution is -0.143. The molecule has 0 aromatic carbocycles. The van der Waals surface area contributed by atoms with Gasteiger partial charge in [0.15, 0.2) is 0 Å². The Morgan fingerprint density at radius 1 is 1.00 bits per heavy atom. The highest BCUT2D eigenvalue weighted by Gasteiger charge is 2.33. The molecule has 12 N–H and O–H groups in total. The van der Waals surface area contributed by atoms with Crippen LogP contribution in [0.1, 0.15) is 31.9 Å². The number of amides is 5. The van der Waals surface area contributed by atoms with Crippen LogP contribution < -0.4 is 33.2 Å². The molecule has 16 heteroatoms. The molecule has 0 spiro atoms. The van der Waals surface area contributed by atoms with E-state index < -0.39 is 72.2 Å². The second kappa shape index (κ2) is 13.6. The summed E-state index contributed by atoms with van der Waals surface area (Å²) in [6.07, 6.45) is 0.0289. The second-order valence-electron chi connectivity index (χ2n) is 7.75. The molecule has 16 nitrogen and oxygen atoms in total. The Kier molecular flexibility index (Phi) is 11.3. The number of nitrogens with one attached hydrogen (secondary N) is 4. The number of imidazole rings is 1. The summed E-state index contributed by atoms with van der Waals surface area (Å²) in [4.78, 5) is 78.0. The second-order valence-corrected chi connectivity index (χ2v) is 7.75. The number of carboxylic acids is 1. The molecule has 0 aliphatic carbocycles. The minimum atomic E-state index is -1.68. The van der Waals surface area contributed by atoms with Gasteiger partial charge in [0.05, 0.1) is 24.9 Å². The number of nitrogens with zero attached hydrogens (tertiary/aromatic N) is 1. The van der Waals surface area contributed by atoms with Gasteiger partial charge in [-0.15, -0.1) is 0 Å². The van der Waals surface area contributed by atoms with Gasteiger partial charge in [0.1, 0.15) is 18.1 Å². The fourth-order valence-electron chi connectivity index (χ4n) is 2.88. The van der Waals surface area contributed by atoms with Gasteiger partial charge in [-0.2, -0.15) is 0 Å². The predicted octanol–water partition coefficient (Wildman–Crippen LogP) is -4.66. The fraction of sp³-hybridized carbons (Fsp3) is 0.526. The van der Waals surface area contributed by atoms with Crippen molar-refractivity contribution in [1.82, 2.24) is 25.9 Å². The highest BCUT2D eigenvalue weighted by molar-refractivity contribution is 5.96. The zero-order chi connectivity index (χ0) is 26.7. The van der Waals surface area contributed by atoms with E-state index in [0.29, 0.717) is 5.69 Å². The first-order chi connectivity index (χ1) is 16.3. The molecule has 1 aromatic rings. The molecule has 1 heterocycles. The zero-order valence-electron chi connectivity index (χ0n) is 18.9. The van der Waals surface area contributed by atoms with E-state index in [-0.39, 0.29) is 19.3 Å². The van der Waals surface area contributed by atoms with E-state index >= 15 is 0 Å². The summed E-state index contributed by atoms with van der Waals surface area (Å²) >= 11 is 0. The van der Waals surface area contributed by atoms with Gasteiger partial charge in [0, 0.05) is 24.7 Å². The summed E-state index contributed by atoms with van der Waals surface area (Å²) in [6, 6.07) is -5.89. The Balaban J connectivity index is 2.91. The van der Waals surface area contributed by atoms with Crippen LogP contribution in [0.25, 0.3) is 0 Å². The molecule has 0 saturated heterocycles. The average molecular weight is 498 g/mol. The van der Waals surface area contributed by atoms with Gasteiger partial charge in [-0.25, -0.2) is 9.78 Å². The summed E-state index contributed by atoms with van der Waals surface area (Å²) in [5, 5.41) is 25.7. The van der Waals surface area contributed by atoms with Crippen molar-refractivity contribution in [3.8, 4) is 0 Å². The SMILES string of the molecule is CC(O)C(NC(=O)C(CC(N)=O)NC(=O)C(N)Cc1cnc[nH]1)C(=O)NC(CCC(N)=O)C(=O)O. The van der Waals surface area contributed by atoms with Crippen LogP contribution in [0.2, 0.25) is 0 Å². The minimum absolute atomic E-state index is 0.0390. The van der Waals surface area contributed by atoms with E-state index in [4.69, 9.17) is 17.2 Å². The summed E-state index contributed by atoms with van der Waals surface area (Å²) in [7, 11) is 0.